The molecule has 0 aliphatic carbocycles. The summed E-state index contributed by atoms with van der Waals surface area (Å²) in [4.78, 5) is 22.2. The van der Waals surface area contributed by atoms with Gasteiger partial charge in [-0.3, -0.25) is 9.78 Å². The molecule has 2 heterocycles. The highest BCUT2D eigenvalue weighted by molar-refractivity contribution is 6.11. The highest BCUT2D eigenvalue weighted by atomic mass is 19.1. The number of ether oxygens (including phenoxy) is 1. The zero-order chi connectivity index (χ0) is 22.5. The average molecular weight is 432 g/mol. The van der Waals surface area contributed by atoms with Gasteiger partial charge in [0.1, 0.15) is 11.6 Å². The van der Waals surface area contributed by atoms with Crippen molar-refractivity contribution in [2.24, 2.45) is 0 Å². The van der Waals surface area contributed by atoms with Gasteiger partial charge in [-0.2, -0.15) is 0 Å². The summed E-state index contributed by atoms with van der Waals surface area (Å²) in [6.07, 6.45) is 4.68. The van der Waals surface area contributed by atoms with Gasteiger partial charge < -0.3 is 14.5 Å². The second kappa shape index (κ2) is 9.75. The third-order valence-electron chi connectivity index (χ3n) is 5.69. The van der Waals surface area contributed by atoms with Crippen molar-refractivity contribution >= 4 is 17.5 Å². The number of methoxy groups -OCH3 is 1. The van der Waals surface area contributed by atoms with Crippen LogP contribution >= 0.6 is 0 Å². The number of pyridine rings is 1. The Morgan fingerprint density at radius 1 is 1.06 bits per heavy atom. The third kappa shape index (κ3) is 4.86. The van der Waals surface area contributed by atoms with Gasteiger partial charge in [0, 0.05) is 60.8 Å². The number of ketones is 1. The number of piperazine rings is 1. The number of hydrogen-bond acceptors (Lipinski definition) is 5. The molecule has 1 aromatic heterocycles. The summed E-state index contributed by atoms with van der Waals surface area (Å²) < 4.78 is 19.4. The molecule has 0 spiro atoms. The normalized spacial score (nSPS) is 14.7. The van der Waals surface area contributed by atoms with E-state index >= 15 is 0 Å². The quantitative estimate of drug-likeness (QED) is 0.423. The maximum absolute atomic E-state index is 14.3. The predicted molar refractivity (Wildman–Crippen MR) is 126 cm³/mol. The van der Waals surface area contributed by atoms with Gasteiger partial charge in [-0.05, 0) is 55.6 Å². The minimum Gasteiger partial charge on any atom is -0.497 e. The van der Waals surface area contributed by atoms with Crippen molar-refractivity contribution in [3.63, 3.8) is 0 Å². The van der Waals surface area contributed by atoms with Crippen molar-refractivity contribution < 1.29 is 13.9 Å². The van der Waals surface area contributed by atoms with Crippen LogP contribution in [0, 0.1) is 5.82 Å². The van der Waals surface area contributed by atoms with E-state index in [1.165, 1.54) is 25.3 Å². The van der Waals surface area contributed by atoms with E-state index in [2.05, 4.69) is 21.8 Å². The number of carbonyl (C=O) groups excluding carboxylic acids is 1. The van der Waals surface area contributed by atoms with Crippen LogP contribution in [0.1, 0.15) is 15.9 Å². The van der Waals surface area contributed by atoms with Crippen LogP contribution in [-0.4, -0.2) is 56.0 Å². The Bertz CT molecular complexity index is 1120. The zero-order valence-corrected chi connectivity index (χ0v) is 18.3. The van der Waals surface area contributed by atoms with Gasteiger partial charge in [-0.1, -0.05) is 12.1 Å². The van der Waals surface area contributed by atoms with Crippen LogP contribution < -0.4 is 9.64 Å². The Morgan fingerprint density at radius 3 is 2.56 bits per heavy atom. The summed E-state index contributed by atoms with van der Waals surface area (Å²) in [6.45, 7) is 3.55. The Balaban J connectivity index is 1.68. The van der Waals surface area contributed by atoms with Crippen molar-refractivity contribution in [2.75, 3.05) is 45.2 Å². The molecular formula is C26H26FN3O2. The van der Waals surface area contributed by atoms with E-state index in [9.17, 15) is 9.18 Å². The predicted octanol–water partition coefficient (Wildman–Crippen LogP) is 4.54. The lowest BCUT2D eigenvalue weighted by molar-refractivity contribution is 0.104. The molecular weight excluding hydrogens is 405 g/mol. The van der Waals surface area contributed by atoms with E-state index in [1.807, 2.05) is 36.4 Å². The Kier molecular flexibility index (Phi) is 6.61. The molecule has 0 unspecified atom stereocenters. The van der Waals surface area contributed by atoms with E-state index in [0.717, 1.165) is 43.1 Å². The fraction of sp³-hybridized carbons (Fsp3) is 0.231. The molecule has 2 aromatic carbocycles. The number of likely N-dealkylation sites (N-methyl/N-ethyl adjacent to an activating group) is 1. The van der Waals surface area contributed by atoms with Crippen LogP contribution in [0.5, 0.6) is 5.75 Å². The highest BCUT2D eigenvalue weighted by Crippen LogP contribution is 2.29. The first-order chi connectivity index (χ1) is 15.5. The molecule has 1 fully saturated rings. The molecule has 0 bridgehead atoms. The number of benzene rings is 2. The lowest BCUT2D eigenvalue weighted by atomic mass is 10.00. The molecule has 1 aliphatic rings. The summed E-state index contributed by atoms with van der Waals surface area (Å²) in [6, 6.07) is 16.2. The number of nitrogens with zero attached hydrogens (tertiary/aromatic N) is 3. The SMILES string of the molecule is COc1ccc(/C=C/C(=O)c2cc(-c3ccccn3)ccc2N2CCN(C)CC2)c(F)c1. The van der Waals surface area contributed by atoms with Crippen LogP contribution in [0.15, 0.2) is 66.9 Å². The standard InChI is InChI=1S/C26H26FN3O2/c1-29-13-15-30(16-14-29)25-10-7-20(24-5-3-4-12-28-24)17-22(25)26(31)11-8-19-6-9-21(32-2)18-23(19)27/h3-12,17-18H,13-16H2,1-2H3/b11-8+. The Morgan fingerprint density at radius 2 is 1.88 bits per heavy atom. The zero-order valence-electron chi connectivity index (χ0n) is 18.3. The first-order valence-electron chi connectivity index (χ1n) is 10.6. The number of anilines is 1. The van der Waals surface area contributed by atoms with Gasteiger partial charge in [-0.15, -0.1) is 0 Å². The van der Waals surface area contributed by atoms with Crippen molar-refractivity contribution in [2.45, 2.75) is 0 Å². The summed E-state index contributed by atoms with van der Waals surface area (Å²) in [5.74, 6) is -0.173. The van der Waals surface area contributed by atoms with Crippen LogP contribution in [0.4, 0.5) is 10.1 Å². The molecule has 164 valence electrons. The van der Waals surface area contributed by atoms with Gasteiger partial charge in [0.25, 0.3) is 0 Å². The number of aromatic nitrogens is 1. The van der Waals surface area contributed by atoms with Crippen LogP contribution in [0.25, 0.3) is 17.3 Å². The fourth-order valence-corrected chi connectivity index (χ4v) is 3.77. The van der Waals surface area contributed by atoms with Gasteiger partial charge in [0.05, 0.1) is 12.8 Å². The molecule has 6 heteroatoms. The van der Waals surface area contributed by atoms with E-state index in [4.69, 9.17) is 4.74 Å². The molecule has 0 radical (unpaired) electrons. The van der Waals surface area contributed by atoms with Gasteiger partial charge in [0.2, 0.25) is 0 Å². The van der Waals surface area contributed by atoms with Gasteiger partial charge >= 0.3 is 0 Å². The molecule has 32 heavy (non-hydrogen) atoms. The molecule has 0 saturated carbocycles. The first kappa shape index (κ1) is 21.7. The Labute approximate surface area is 187 Å². The first-order valence-corrected chi connectivity index (χ1v) is 10.6. The maximum atomic E-state index is 14.3. The molecule has 0 N–H and O–H groups in total. The number of hydrogen-bond donors (Lipinski definition) is 0. The Hall–Kier alpha value is -3.51. The van der Waals surface area contributed by atoms with Crippen molar-refractivity contribution in [1.29, 1.82) is 0 Å². The smallest absolute Gasteiger partial charge is 0.187 e. The van der Waals surface area contributed by atoms with E-state index in [0.29, 0.717) is 16.9 Å². The molecule has 1 aliphatic heterocycles. The van der Waals surface area contributed by atoms with Crippen molar-refractivity contribution in [3.8, 4) is 17.0 Å². The minimum atomic E-state index is -0.435. The second-order valence-electron chi connectivity index (χ2n) is 7.82. The summed E-state index contributed by atoms with van der Waals surface area (Å²) in [5, 5.41) is 0. The third-order valence-corrected chi connectivity index (χ3v) is 5.69. The molecule has 5 nitrogen and oxygen atoms in total. The minimum absolute atomic E-state index is 0.174. The van der Waals surface area contributed by atoms with Crippen LogP contribution in [0.2, 0.25) is 0 Å². The monoisotopic (exact) mass is 431 g/mol. The average Bonchev–Trinajstić information content (AvgIpc) is 2.83. The lowest BCUT2D eigenvalue weighted by Crippen LogP contribution is -2.45. The number of halogens is 1. The summed E-state index contributed by atoms with van der Waals surface area (Å²) >= 11 is 0. The van der Waals surface area contributed by atoms with Gasteiger partial charge in [0.15, 0.2) is 5.78 Å². The molecule has 4 rings (SSSR count). The summed E-state index contributed by atoms with van der Waals surface area (Å²) in [7, 11) is 3.59. The summed E-state index contributed by atoms with van der Waals surface area (Å²) in [5.41, 5.74) is 3.49. The van der Waals surface area contributed by atoms with Gasteiger partial charge in [-0.25, -0.2) is 4.39 Å². The van der Waals surface area contributed by atoms with E-state index in [-0.39, 0.29) is 5.78 Å². The van der Waals surface area contributed by atoms with Crippen LogP contribution in [0.3, 0.4) is 0 Å². The van der Waals surface area contributed by atoms with Crippen molar-refractivity contribution in [3.05, 3.63) is 83.8 Å². The van der Waals surface area contributed by atoms with Crippen LogP contribution in [-0.2, 0) is 0 Å². The topological polar surface area (TPSA) is 45.7 Å². The lowest BCUT2D eigenvalue weighted by Gasteiger charge is -2.35. The number of rotatable bonds is 6. The molecule has 0 amide bonds. The van der Waals surface area contributed by atoms with E-state index < -0.39 is 5.82 Å². The van der Waals surface area contributed by atoms with E-state index in [1.54, 1.807) is 18.3 Å². The number of carbonyl (C=O) groups is 1. The van der Waals surface area contributed by atoms with Crippen molar-refractivity contribution in [1.82, 2.24) is 9.88 Å². The largest absolute Gasteiger partial charge is 0.497 e. The highest BCUT2D eigenvalue weighted by Gasteiger charge is 2.20. The fourth-order valence-electron chi connectivity index (χ4n) is 3.77. The maximum Gasteiger partial charge on any atom is 0.187 e. The molecule has 3 aromatic rings. The molecule has 0 atom stereocenters. The number of allylic oxidation sites excluding steroid dienone is 1. The second-order valence-corrected chi connectivity index (χ2v) is 7.82. The molecule has 1 saturated heterocycles.